The molecule has 2 aromatic heterocycles. The van der Waals surface area contributed by atoms with Crippen molar-refractivity contribution >= 4 is 22.9 Å². The van der Waals surface area contributed by atoms with Crippen LogP contribution in [0.5, 0.6) is 0 Å². The van der Waals surface area contributed by atoms with Crippen molar-refractivity contribution in [2.45, 2.75) is 24.5 Å². The van der Waals surface area contributed by atoms with E-state index in [0.717, 1.165) is 51.4 Å². The van der Waals surface area contributed by atoms with Crippen molar-refractivity contribution < 1.29 is 4.74 Å². The Bertz CT molecular complexity index is 876. The van der Waals surface area contributed by atoms with Gasteiger partial charge in [0, 0.05) is 39.0 Å². The van der Waals surface area contributed by atoms with Crippen LogP contribution in [-0.2, 0) is 18.3 Å². The third-order valence-corrected chi connectivity index (χ3v) is 5.70. The SMILES string of the molecule is Cn1c(=O)n(CC2CC2)c(=O)c2[nH]c(SCCN3CCOCC3)nc21. The van der Waals surface area contributed by atoms with Gasteiger partial charge in [-0.3, -0.25) is 18.8 Å². The molecule has 3 heterocycles. The lowest BCUT2D eigenvalue weighted by molar-refractivity contribution is 0.0410. The molecule has 0 spiro atoms. The van der Waals surface area contributed by atoms with Gasteiger partial charge in [0.25, 0.3) is 5.56 Å². The van der Waals surface area contributed by atoms with Gasteiger partial charge in [-0.1, -0.05) is 11.8 Å². The molecule has 1 aliphatic heterocycles. The smallest absolute Gasteiger partial charge is 0.332 e. The van der Waals surface area contributed by atoms with E-state index < -0.39 is 0 Å². The Morgan fingerprint density at radius 2 is 2.04 bits per heavy atom. The maximum Gasteiger partial charge on any atom is 0.332 e. The number of hydrogen-bond donors (Lipinski definition) is 1. The number of aromatic amines is 1. The van der Waals surface area contributed by atoms with Gasteiger partial charge >= 0.3 is 5.69 Å². The topological polar surface area (TPSA) is 85.2 Å². The Balaban J connectivity index is 1.52. The summed E-state index contributed by atoms with van der Waals surface area (Å²) in [5.74, 6) is 1.34. The maximum atomic E-state index is 12.6. The molecule has 2 aromatic rings. The van der Waals surface area contributed by atoms with Gasteiger partial charge in [-0.2, -0.15) is 0 Å². The number of imidazole rings is 1. The van der Waals surface area contributed by atoms with Crippen LogP contribution in [0.15, 0.2) is 14.7 Å². The summed E-state index contributed by atoms with van der Waals surface area (Å²) in [6.45, 7) is 4.97. The van der Waals surface area contributed by atoms with Crippen molar-refractivity contribution in [3.63, 3.8) is 0 Å². The van der Waals surface area contributed by atoms with Gasteiger partial charge in [0.05, 0.1) is 13.2 Å². The van der Waals surface area contributed by atoms with E-state index in [9.17, 15) is 9.59 Å². The second kappa shape index (κ2) is 6.97. The van der Waals surface area contributed by atoms with E-state index >= 15 is 0 Å². The van der Waals surface area contributed by atoms with E-state index in [0.29, 0.717) is 28.8 Å². The second-order valence-electron chi connectivity index (χ2n) is 6.74. The zero-order chi connectivity index (χ0) is 17.4. The van der Waals surface area contributed by atoms with Gasteiger partial charge in [0.15, 0.2) is 16.3 Å². The number of rotatable bonds is 6. The minimum absolute atomic E-state index is 0.252. The van der Waals surface area contributed by atoms with Crippen LogP contribution in [0.1, 0.15) is 12.8 Å². The average Bonchev–Trinajstić information content (AvgIpc) is 3.35. The van der Waals surface area contributed by atoms with Crippen molar-refractivity contribution in [2.75, 3.05) is 38.6 Å². The summed E-state index contributed by atoms with van der Waals surface area (Å²) in [6, 6.07) is 0. The fourth-order valence-electron chi connectivity index (χ4n) is 3.11. The molecule has 0 radical (unpaired) electrons. The highest BCUT2D eigenvalue weighted by molar-refractivity contribution is 7.99. The van der Waals surface area contributed by atoms with Gasteiger partial charge in [-0.25, -0.2) is 9.78 Å². The van der Waals surface area contributed by atoms with E-state index in [4.69, 9.17) is 4.74 Å². The molecule has 1 N–H and O–H groups in total. The van der Waals surface area contributed by atoms with Crippen LogP contribution < -0.4 is 11.2 Å². The number of nitrogens with one attached hydrogen (secondary N) is 1. The van der Waals surface area contributed by atoms with Gasteiger partial charge in [-0.15, -0.1) is 0 Å². The fraction of sp³-hybridized carbons (Fsp3) is 0.688. The number of thioether (sulfide) groups is 1. The molecular formula is C16H23N5O3S. The number of H-pyrrole nitrogens is 1. The number of morpholine rings is 1. The predicted molar refractivity (Wildman–Crippen MR) is 96.3 cm³/mol. The number of fused-ring (bicyclic) bond motifs is 1. The number of hydrogen-bond acceptors (Lipinski definition) is 6. The van der Waals surface area contributed by atoms with Crippen LogP contribution >= 0.6 is 11.8 Å². The predicted octanol–water partition coefficient (Wildman–Crippen LogP) is 0.258. The van der Waals surface area contributed by atoms with Crippen molar-refractivity contribution in [3.05, 3.63) is 20.8 Å². The quantitative estimate of drug-likeness (QED) is 0.739. The van der Waals surface area contributed by atoms with Gasteiger partial charge in [-0.05, 0) is 18.8 Å². The molecule has 0 atom stereocenters. The van der Waals surface area contributed by atoms with Crippen molar-refractivity contribution in [2.24, 2.45) is 13.0 Å². The van der Waals surface area contributed by atoms with Crippen LogP contribution in [0.2, 0.25) is 0 Å². The summed E-state index contributed by atoms with van der Waals surface area (Å²) in [6.07, 6.45) is 2.19. The first-order chi connectivity index (χ1) is 12.1. The zero-order valence-corrected chi connectivity index (χ0v) is 15.2. The molecule has 0 aromatic carbocycles. The highest BCUT2D eigenvalue weighted by Crippen LogP contribution is 2.29. The Morgan fingerprint density at radius 3 is 2.76 bits per heavy atom. The number of ether oxygens (including phenoxy) is 1. The van der Waals surface area contributed by atoms with Gasteiger partial charge in [0.1, 0.15) is 0 Å². The molecule has 0 bridgehead atoms. The molecule has 0 amide bonds. The largest absolute Gasteiger partial charge is 0.379 e. The first-order valence-corrected chi connectivity index (χ1v) is 9.74. The minimum Gasteiger partial charge on any atom is -0.379 e. The molecule has 0 unspecified atom stereocenters. The minimum atomic E-state index is -0.277. The molecule has 2 fully saturated rings. The summed E-state index contributed by atoms with van der Waals surface area (Å²) < 4.78 is 8.17. The zero-order valence-electron chi connectivity index (χ0n) is 14.4. The Kier molecular flexibility index (Phi) is 4.70. The molecule has 25 heavy (non-hydrogen) atoms. The average molecular weight is 365 g/mol. The molecule has 2 aliphatic rings. The van der Waals surface area contributed by atoms with Crippen molar-refractivity contribution in [3.8, 4) is 0 Å². The summed E-state index contributed by atoms with van der Waals surface area (Å²) in [5, 5.41) is 0.694. The summed E-state index contributed by atoms with van der Waals surface area (Å²) in [4.78, 5) is 35.0. The van der Waals surface area contributed by atoms with Gasteiger partial charge in [0.2, 0.25) is 0 Å². The van der Waals surface area contributed by atoms with E-state index in [1.165, 1.54) is 9.13 Å². The lowest BCUT2D eigenvalue weighted by atomic mass is 10.4. The van der Waals surface area contributed by atoms with Crippen molar-refractivity contribution in [1.29, 1.82) is 0 Å². The Labute approximate surface area is 149 Å². The number of nitrogens with zero attached hydrogens (tertiary/aromatic N) is 4. The first kappa shape index (κ1) is 16.9. The normalized spacial score (nSPS) is 18.9. The maximum absolute atomic E-state index is 12.6. The van der Waals surface area contributed by atoms with E-state index in [-0.39, 0.29) is 11.2 Å². The highest BCUT2D eigenvalue weighted by Gasteiger charge is 2.25. The molecule has 4 rings (SSSR count). The lowest BCUT2D eigenvalue weighted by Crippen LogP contribution is -2.39. The Hall–Kier alpha value is -1.58. The molecule has 1 aliphatic carbocycles. The lowest BCUT2D eigenvalue weighted by Gasteiger charge is -2.26. The standard InChI is InChI=1S/C16H23N5O3S/c1-19-13-12(14(22)21(16(19)23)10-11-2-3-11)17-15(18-13)25-9-6-20-4-7-24-8-5-20/h11H,2-10H2,1H3,(H,17,18). The monoisotopic (exact) mass is 365 g/mol. The molecular weight excluding hydrogens is 342 g/mol. The first-order valence-electron chi connectivity index (χ1n) is 8.76. The van der Waals surface area contributed by atoms with Crippen LogP contribution in [-0.4, -0.2) is 62.6 Å². The third kappa shape index (κ3) is 3.54. The summed E-state index contributed by atoms with van der Waals surface area (Å²) in [7, 11) is 1.68. The fourth-order valence-corrected chi connectivity index (χ4v) is 3.98. The Morgan fingerprint density at radius 1 is 1.28 bits per heavy atom. The van der Waals surface area contributed by atoms with Gasteiger partial charge < -0.3 is 9.72 Å². The molecule has 1 saturated carbocycles. The molecule has 1 saturated heterocycles. The summed E-state index contributed by atoms with van der Waals surface area (Å²) >= 11 is 1.58. The van der Waals surface area contributed by atoms with Crippen molar-refractivity contribution in [1.82, 2.24) is 24.0 Å². The number of aryl methyl sites for hydroxylation is 1. The van der Waals surface area contributed by atoms with Crippen LogP contribution in [0, 0.1) is 5.92 Å². The van der Waals surface area contributed by atoms with Crippen LogP contribution in [0.4, 0.5) is 0 Å². The molecule has 136 valence electrons. The van der Waals surface area contributed by atoms with Crippen LogP contribution in [0.25, 0.3) is 11.2 Å². The van der Waals surface area contributed by atoms with E-state index in [2.05, 4.69) is 14.9 Å². The highest BCUT2D eigenvalue weighted by atomic mass is 32.2. The second-order valence-corrected chi connectivity index (χ2v) is 7.83. The third-order valence-electron chi connectivity index (χ3n) is 4.85. The molecule has 9 heteroatoms. The number of aromatic nitrogens is 4. The molecule has 8 nitrogen and oxygen atoms in total. The van der Waals surface area contributed by atoms with E-state index in [1.54, 1.807) is 18.8 Å². The van der Waals surface area contributed by atoms with Crippen LogP contribution in [0.3, 0.4) is 0 Å². The summed E-state index contributed by atoms with van der Waals surface area (Å²) in [5.41, 5.74) is 0.339. The van der Waals surface area contributed by atoms with E-state index in [1.807, 2.05) is 0 Å².